The van der Waals surface area contributed by atoms with Crippen molar-refractivity contribution in [3.63, 3.8) is 0 Å². The minimum Gasteiger partial charge on any atom is -0.326 e. The molecule has 0 aliphatic heterocycles. The van der Waals surface area contributed by atoms with Gasteiger partial charge in [0.05, 0.1) is 0 Å². The third kappa shape index (κ3) is 8.26. The third-order valence-corrected chi connectivity index (χ3v) is 3.90. The smallest absolute Gasteiger partial charge is 0.238 e. The molecule has 4 N–H and O–H groups in total. The van der Waals surface area contributed by atoms with Crippen LogP contribution in [0.25, 0.3) is 0 Å². The highest BCUT2D eigenvalue weighted by Gasteiger charge is 2.11. The predicted octanol–water partition coefficient (Wildman–Crippen LogP) is 2.44. The normalized spacial score (nSPS) is 10.2. The molecule has 1 aromatic rings. The van der Waals surface area contributed by atoms with Crippen LogP contribution in [-0.2, 0) is 14.4 Å². The van der Waals surface area contributed by atoms with Crippen LogP contribution in [0.1, 0.15) is 38.7 Å². The van der Waals surface area contributed by atoms with E-state index in [1.807, 2.05) is 13.8 Å². The van der Waals surface area contributed by atoms with Crippen LogP contribution >= 0.6 is 23.8 Å². The molecule has 0 saturated heterocycles. The topological polar surface area (TPSA) is 99.3 Å². The minimum absolute atomic E-state index is 0.00278. The third-order valence-electron chi connectivity index (χ3n) is 3.28. The number of hydrogen-bond acceptors (Lipinski definition) is 4. The van der Waals surface area contributed by atoms with Crippen LogP contribution in [-0.4, -0.2) is 22.8 Å². The van der Waals surface area contributed by atoms with Gasteiger partial charge in [0.25, 0.3) is 0 Å². The van der Waals surface area contributed by atoms with Crippen LogP contribution in [0.15, 0.2) is 18.2 Å². The first kappa shape index (κ1) is 21.9. The highest BCUT2D eigenvalue weighted by Crippen LogP contribution is 2.22. The Morgan fingerprint density at radius 3 is 2.38 bits per heavy atom. The van der Waals surface area contributed by atoms with Crippen LogP contribution in [0, 0.1) is 12.8 Å². The molecule has 142 valence electrons. The van der Waals surface area contributed by atoms with Gasteiger partial charge in [0, 0.05) is 30.0 Å². The first-order valence-electron chi connectivity index (χ1n) is 8.12. The fourth-order valence-corrected chi connectivity index (χ4v) is 2.29. The summed E-state index contributed by atoms with van der Waals surface area (Å²) >= 11 is 10.9. The van der Waals surface area contributed by atoms with E-state index in [1.165, 1.54) is 0 Å². The summed E-state index contributed by atoms with van der Waals surface area (Å²) in [7, 11) is 0. The summed E-state index contributed by atoms with van der Waals surface area (Å²) in [6, 6.07) is 5.20. The molecule has 0 unspecified atom stereocenters. The van der Waals surface area contributed by atoms with Gasteiger partial charge in [-0.05, 0) is 42.8 Å². The Labute approximate surface area is 163 Å². The van der Waals surface area contributed by atoms with E-state index < -0.39 is 5.91 Å². The van der Waals surface area contributed by atoms with E-state index in [0.29, 0.717) is 17.1 Å². The summed E-state index contributed by atoms with van der Waals surface area (Å²) in [5.41, 5.74) is 6.13. The number of rotatable bonds is 6. The zero-order chi connectivity index (χ0) is 19.7. The van der Waals surface area contributed by atoms with E-state index in [-0.39, 0.29) is 35.7 Å². The van der Waals surface area contributed by atoms with E-state index in [4.69, 9.17) is 23.8 Å². The van der Waals surface area contributed by atoms with Crippen molar-refractivity contribution in [2.24, 2.45) is 5.92 Å². The Kier molecular flexibility index (Phi) is 9.01. The van der Waals surface area contributed by atoms with E-state index in [0.717, 1.165) is 5.56 Å². The fourth-order valence-electron chi connectivity index (χ4n) is 1.95. The van der Waals surface area contributed by atoms with Gasteiger partial charge in [0.1, 0.15) is 0 Å². The first-order chi connectivity index (χ1) is 12.2. The number of anilines is 1. The molecule has 1 aromatic carbocycles. The van der Waals surface area contributed by atoms with Gasteiger partial charge in [-0.15, -0.1) is 0 Å². The minimum atomic E-state index is -0.427. The van der Waals surface area contributed by atoms with Crippen LogP contribution in [0.4, 0.5) is 5.69 Å². The molecule has 0 saturated carbocycles. The van der Waals surface area contributed by atoms with Gasteiger partial charge in [-0.1, -0.05) is 31.5 Å². The number of benzene rings is 1. The Bertz CT molecular complexity index is 695. The van der Waals surface area contributed by atoms with Crippen molar-refractivity contribution in [3.8, 4) is 0 Å². The molecule has 1 rings (SSSR count). The molecule has 0 radical (unpaired) electrons. The lowest BCUT2D eigenvalue weighted by atomic mass is 10.1. The molecule has 9 heteroatoms. The number of hydrogen-bond donors (Lipinski definition) is 4. The van der Waals surface area contributed by atoms with Crippen molar-refractivity contribution in [3.05, 3.63) is 28.8 Å². The lowest BCUT2D eigenvalue weighted by Crippen LogP contribution is -2.48. The van der Waals surface area contributed by atoms with Gasteiger partial charge in [0.15, 0.2) is 5.11 Å². The SMILES string of the molecule is Cc1c(Cl)cccc1NC(=O)CCC(=O)NNC(=S)NC(=O)CC(C)C. The monoisotopic (exact) mass is 398 g/mol. The lowest BCUT2D eigenvalue weighted by molar-refractivity contribution is -0.124. The summed E-state index contributed by atoms with van der Waals surface area (Å²) < 4.78 is 0. The number of carbonyl (C=O) groups excluding carboxylic acids is 3. The Hall–Kier alpha value is -2.19. The van der Waals surface area contributed by atoms with E-state index in [2.05, 4.69) is 21.5 Å². The molecule has 26 heavy (non-hydrogen) atoms. The van der Waals surface area contributed by atoms with Gasteiger partial charge in [0.2, 0.25) is 17.7 Å². The van der Waals surface area contributed by atoms with Crippen LogP contribution in [0.5, 0.6) is 0 Å². The van der Waals surface area contributed by atoms with Crippen molar-refractivity contribution in [1.29, 1.82) is 0 Å². The molecule has 0 atom stereocenters. The van der Waals surface area contributed by atoms with Crippen molar-refractivity contribution >= 4 is 52.3 Å². The molecule has 0 aliphatic carbocycles. The molecule has 3 amide bonds. The Balaban J connectivity index is 2.31. The molecule has 0 heterocycles. The maximum Gasteiger partial charge on any atom is 0.238 e. The van der Waals surface area contributed by atoms with Gasteiger partial charge in [-0.2, -0.15) is 0 Å². The molecular weight excluding hydrogens is 376 g/mol. The molecule has 0 spiro atoms. The van der Waals surface area contributed by atoms with E-state index in [1.54, 1.807) is 25.1 Å². The zero-order valence-corrected chi connectivity index (χ0v) is 16.5. The first-order valence-corrected chi connectivity index (χ1v) is 8.91. The fraction of sp³-hybridized carbons (Fsp3) is 0.412. The maximum atomic E-state index is 11.9. The largest absolute Gasteiger partial charge is 0.326 e. The van der Waals surface area contributed by atoms with E-state index in [9.17, 15) is 14.4 Å². The average Bonchev–Trinajstić information content (AvgIpc) is 2.54. The standard InChI is InChI=1S/C17H23ClN4O3S/c1-10(2)9-16(25)20-17(26)22-21-15(24)8-7-14(23)19-13-6-4-5-12(18)11(13)3/h4-6,10H,7-9H2,1-3H3,(H,19,23)(H,21,24)(H2,20,22,25,26). The van der Waals surface area contributed by atoms with Gasteiger partial charge in [-0.25, -0.2) is 0 Å². The molecule has 7 nitrogen and oxygen atoms in total. The summed E-state index contributed by atoms with van der Waals surface area (Å²) in [5, 5.41) is 5.72. The highest BCUT2D eigenvalue weighted by molar-refractivity contribution is 7.80. The van der Waals surface area contributed by atoms with Gasteiger partial charge >= 0.3 is 0 Å². The molecule has 0 aliphatic rings. The second kappa shape index (κ2) is 10.7. The number of halogens is 1. The average molecular weight is 399 g/mol. The zero-order valence-electron chi connectivity index (χ0n) is 14.9. The molecule has 0 fully saturated rings. The maximum absolute atomic E-state index is 11.9. The van der Waals surface area contributed by atoms with Crippen molar-refractivity contribution in [1.82, 2.24) is 16.2 Å². The summed E-state index contributed by atoms with van der Waals surface area (Å²) in [6.45, 7) is 5.62. The summed E-state index contributed by atoms with van der Waals surface area (Å²) in [6.07, 6.45) is 0.284. The molecule has 0 bridgehead atoms. The van der Waals surface area contributed by atoms with Crippen molar-refractivity contribution in [2.75, 3.05) is 5.32 Å². The van der Waals surface area contributed by atoms with Crippen LogP contribution < -0.4 is 21.5 Å². The number of hydrazine groups is 1. The predicted molar refractivity (Wildman–Crippen MR) is 106 cm³/mol. The molecular formula is C17H23ClN4O3S. The number of nitrogens with one attached hydrogen (secondary N) is 4. The second-order valence-electron chi connectivity index (χ2n) is 6.11. The second-order valence-corrected chi connectivity index (χ2v) is 6.92. The highest BCUT2D eigenvalue weighted by atomic mass is 35.5. The van der Waals surface area contributed by atoms with Gasteiger partial charge < -0.3 is 10.6 Å². The van der Waals surface area contributed by atoms with Crippen LogP contribution in [0.3, 0.4) is 0 Å². The van der Waals surface area contributed by atoms with Gasteiger partial charge in [-0.3, -0.25) is 25.2 Å². The number of thiocarbonyl (C=S) groups is 1. The number of carbonyl (C=O) groups is 3. The summed E-state index contributed by atoms with van der Waals surface area (Å²) in [5.74, 6) is -0.765. The molecule has 0 aromatic heterocycles. The van der Waals surface area contributed by atoms with E-state index >= 15 is 0 Å². The Morgan fingerprint density at radius 2 is 1.73 bits per heavy atom. The lowest BCUT2D eigenvalue weighted by Gasteiger charge is -2.12. The van der Waals surface area contributed by atoms with Crippen LogP contribution in [0.2, 0.25) is 5.02 Å². The van der Waals surface area contributed by atoms with Crippen molar-refractivity contribution < 1.29 is 14.4 Å². The quantitative estimate of drug-likeness (QED) is 0.435. The van der Waals surface area contributed by atoms with Crippen molar-refractivity contribution in [2.45, 2.75) is 40.0 Å². The summed E-state index contributed by atoms with van der Waals surface area (Å²) in [4.78, 5) is 35.2. The number of amides is 3. The Morgan fingerprint density at radius 1 is 1.08 bits per heavy atom.